The molecular formula is C11H9BrO4. The van der Waals surface area contributed by atoms with Gasteiger partial charge in [0.2, 0.25) is 0 Å². The average Bonchev–Trinajstić information content (AvgIpc) is 2.33. The highest BCUT2D eigenvalue weighted by molar-refractivity contribution is 9.10. The molecule has 5 heteroatoms. The zero-order chi connectivity index (χ0) is 11.7. The summed E-state index contributed by atoms with van der Waals surface area (Å²) >= 11 is 3.25. The van der Waals surface area contributed by atoms with Crippen LogP contribution in [0.25, 0.3) is 10.8 Å². The van der Waals surface area contributed by atoms with Gasteiger partial charge in [0.1, 0.15) is 6.10 Å². The van der Waals surface area contributed by atoms with Crippen molar-refractivity contribution in [1.82, 2.24) is 0 Å². The lowest BCUT2D eigenvalue weighted by molar-refractivity contribution is 0.0744. The van der Waals surface area contributed by atoms with Crippen molar-refractivity contribution in [3.63, 3.8) is 0 Å². The molecule has 1 aromatic heterocycles. The van der Waals surface area contributed by atoms with Gasteiger partial charge in [-0.25, -0.2) is 4.79 Å². The zero-order valence-corrected chi connectivity index (χ0v) is 9.77. The Hall–Kier alpha value is -1.17. The molecular weight excluding hydrogens is 276 g/mol. The topological polar surface area (TPSA) is 70.7 Å². The van der Waals surface area contributed by atoms with Crippen LogP contribution in [0.15, 0.2) is 37.9 Å². The summed E-state index contributed by atoms with van der Waals surface area (Å²) in [5.74, 6) is 0.0474. The van der Waals surface area contributed by atoms with E-state index in [4.69, 9.17) is 9.52 Å². The van der Waals surface area contributed by atoms with Crippen molar-refractivity contribution in [2.75, 3.05) is 6.61 Å². The minimum Gasteiger partial charge on any atom is -0.423 e. The molecule has 0 aliphatic carbocycles. The fourth-order valence-electron chi connectivity index (χ4n) is 1.48. The normalized spacial score (nSPS) is 12.9. The van der Waals surface area contributed by atoms with E-state index in [1.54, 1.807) is 24.3 Å². The first-order chi connectivity index (χ1) is 7.65. The molecule has 0 amide bonds. The Morgan fingerprint density at radius 2 is 1.94 bits per heavy atom. The SMILES string of the molecule is O=c1oc([C@H](O)CO)c(Br)c2ccccc12. The van der Waals surface area contributed by atoms with Crippen LogP contribution < -0.4 is 5.63 Å². The molecule has 4 nitrogen and oxygen atoms in total. The minimum absolute atomic E-state index is 0.0474. The second kappa shape index (κ2) is 4.37. The van der Waals surface area contributed by atoms with Gasteiger partial charge in [-0.15, -0.1) is 0 Å². The first-order valence-corrected chi connectivity index (χ1v) is 5.44. The van der Waals surface area contributed by atoms with Crippen LogP contribution in [0.2, 0.25) is 0 Å². The lowest BCUT2D eigenvalue weighted by Gasteiger charge is -2.09. The fourth-order valence-corrected chi connectivity index (χ4v) is 2.17. The van der Waals surface area contributed by atoms with Crippen LogP contribution in [0, 0.1) is 0 Å². The van der Waals surface area contributed by atoms with Crippen molar-refractivity contribution >= 4 is 26.7 Å². The third kappa shape index (κ3) is 1.77. The first kappa shape index (κ1) is 11.3. The third-order valence-corrected chi connectivity index (χ3v) is 3.10. The van der Waals surface area contributed by atoms with Crippen molar-refractivity contribution in [2.45, 2.75) is 6.10 Å². The molecule has 2 N–H and O–H groups in total. The van der Waals surface area contributed by atoms with E-state index in [0.717, 1.165) is 0 Å². The van der Waals surface area contributed by atoms with Crippen molar-refractivity contribution in [1.29, 1.82) is 0 Å². The van der Waals surface area contributed by atoms with Gasteiger partial charge in [-0.3, -0.25) is 0 Å². The molecule has 0 fully saturated rings. The quantitative estimate of drug-likeness (QED) is 0.879. The number of fused-ring (bicyclic) bond motifs is 1. The summed E-state index contributed by atoms with van der Waals surface area (Å²) in [7, 11) is 0. The molecule has 0 aliphatic rings. The number of hydrogen-bond acceptors (Lipinski definition) is 4. The van der Waals surface area contributed by atoms with Crippen molar-refractivity contribution < 1.29 is 14.6 Å². The summed E-state index contributed by atoms with van der Waals surface area (Å²) in [6, 6.07) is 6.89. The molecule has 0 aliphatic heterocycles. The van der Waals surface area contributed by atoms with Gasteiger partial charge in [0, 0.05) is 5.39 Å². The summed E-state index contributed by atoms with van der Waals surface area (Å²) in [4.78, 5) is 11.6. The second-order valence-electron chi connectivity index (χ2n) is 3.31. The van der Waals surface area contributed by atoms with Gasteiger partial charge in [0.25, 0.3) is 0 Å². The largest absolute Gasteiger partial charge is 0.423 e. The van der Waals surface area contributed by atoms with Crippen LogP contribution in [0.5, 0.6) is 0 Å². The summed E-state index contributed by atoms with van der Waals surface area (Å²) < 4.78 is 5.45. The third-order valence-electron chi connectivity index (χ3n) is 2.28. The van der Waals surface area contributed by atoms with E-state index in [9.17, 15) is 9.90 Å². The molecule has 0 bridgehead atoms. The molecule has 16 heavy (non-hydrogen) atoms. The highest BCUT2D eigenvalue weighted by Crippen LogP contribution is 2.29. The van der Waals surface area contributed by atoms with Crippen LogP contribution in [0.4, 0.5) is 0 Å². The smallest absolute Gasteiger partial charge is 0.343 e. The molecule has 1 atom stereocenters. The van der Waals surface area contributed by atoms with Gasteiger partial charge < -0.3 is 14.6 Å². The predicted molar refractivity (Wildman–Crippen MR) is 62.2 cm³/mol. The Morgan fingerprint density at radius 3 is 2.56 bits per heavy atom. The van der Waals surface area contributed by atoms with Crippen LogP contribution >= 0.6 is 15.9 Å². The highest BCUT2D eigenvalue weighted by Gasteiger charge is 2.17. The minimum atomic E-state index is -1.20. The molecule has 0 saturated heterocycles. The van der Waals surface area contributed by atoms with Crippen molar-refractivity contribution in [3.8, 4) is 0 Å². The van der Waals surface area contributed by atoms with Gasteiger partial charge in [-0.2, -0.15) is 0 Å². The molecule has 2 rings (SSSR count). The zero-order valence-electron chi connectivity index (χ0n) is 8.18. The lowest BCUT2D eigenvalue weighted by Crippen LogP contribution is -2.09. The molecule has 0 saturated carbocycles. The van der Waals surface area contributed by atoms with Crippen molar-refractivity contribution in [2.24, 2.45) is 0 Å². The number of aliphatic hydroxyl groups is 2. The van der Waals surface area contributed by atoms with Gasteiger partial charge in [-0.1, -0.05) is 18.2 Å². The summed E-state index contributed by atoms with van der Waals surface area (Å²) in [6.07, 6.45) is -1.20. The van der Waals surface area contributed by atoms with Gasteiger partial charge >= 0.3 is 5.63 Å². The van der Waals surface area contributed by atoms with Crippen LogP contribution in [-0.2, 0) is 0 Å². The molecule has 0 unspecified atom stereocenters. The second-order valence-corrected chi connectivity index (χ2v) is 4.10. The lowest BCUT2D eigenvalue weighted by atomic mass is 10.1. The molecule has 1 heterocycles. The maximum absolute atomic E-state index is 11.6. The monoisotopic (exact) mass is 284 g/mol. The van der Waals surface area contributed by atoms with E-state index in [0.29, 0.717) is 15.2 Å². The highest BCUT2D eigenvalue weighted by atomic mass is 79.9. The van der Waals surface area contributed by atoms with Gasteiger partial charge in [-0.05, 0) is 22.0 Å². The number of halogens is 1. The Balaban J connectivity index is 2.80. The van der Waals surface area contributed by atoms with Crippen LogP contribution in [-0.4, -0.2) is 16.8 Å². The fraction of sp³-hybridized carbons (Fsp3) is 0.182. The van der Waals surface area contributed by atoms with E-state index >= 15 is 0 Å². The molecule has 0 radical (unpaired) electrons. The number of aliphatic hydroxyl groups excluding tert-OH is 2. The van der Waals surface area contributed by atoms with E-state index in [1.165, 1.54) is 0 Å². The maximum atomic E-state index is 11.6. The summed E-state index contributed by atoms with van der Waals surface area (Å²) in [5, 5.41) is 19.4. The number of hydrogen-bond donors (Lipinski definition) is 2. The predicted octanol–water partition coefficient (Wildman–Crippen LogP) is 1.58. The average molecular weight is 285 g/mol. The summed E-state index contributed by atoms with van der Waals surface area (Å²) in [6.45, 7) is -0.500. The van der Waals surface area contributed by atoms with E-state index in [2.05, 4.69) is 15.9 Å². The van der Waals surface area contributed by atoms with E-state index in [1.807, 2.05) is 0 Å². The Labute approximate surface area is 99.3 Å². The maximum Gasteiger partial charge on any atom is 0.343 e. The Morgan fingerprint density at radius 1 is 1.31 bits per heavy atom. The molecule has 84 valence electrons. The van der Waals surface area contributed by atoms with E-state index in [-0.39, 0.29) is 5.76 Å². The van der Waals surface area contributed by atoms with Gasteiger partial charge in [0.15, 0.2) is 5.76 Å². The van der Waals surface area contributed by atoms with E-state index < -0.39 is 18.3 Å². The van der Waals surface area contributed by atoms with Gasteiger partial charge in [0.05, 0.1) is 16.5 Å². The molecule has 2 aromatic rings. The number of rotatable bonds is 2. The molecule has 1 aromatic carbocycles. The standard InChI is InChI=1S/C11H9BrO4/c12-9-6-3-1-2-4-7(6)11(15)16-10(9)8(14)5-13/h1-4,8,13-14H,5H2/t8-/m1/s1. The van der Waals surface area contributed by atoms with Crippen LogP contribution in [0.3, 0.4) is 0 Å². The first-order valence-electron chi connectivity index (χ1n) is 4.65. The van der Waals surface area contributed by atoms with Crippen LogP contribution in [0.1, 0.15) is 11.9 Å². The summed E-state index contributed by atoms with van der Waals surface area (Å²) in [5.41, 5.74) is -0.527. The Bertz CT molecular complexity index is 576. The molecule has 0 spiro atoms. The Kier molecular flexibility index (Phi) is 3.09. The number of benzene rings is 1. The van der Waals surface area contributed by atoms with Crippen molar-refractivity contribution in [3.05, 3.63) is 44.9 Å².